The summed E-state index contributed by atoms with van der Waals surface area (Å²) >= 11 is 0. The van der Waals surface area contributed by atoms with E-state index in [0.29, 0.717) is 28.7 Å². The first-order chi connectivity index (χ1) is 48.9. The van der Waals surface area contributed by atoms with Crippen molar-refractivity contribution in [1.29, 1.82) is 0 Å². The van der Waals surface area contributed by atoms with E-state index < -0.39 is 162 Å². The number of carbonyl (C=O) groups is 12. The number of hydrogen-bond donors (Lipinski definition) is 12. The quantitative estimate of drug-likeness (QED) is 0.0161. The molecule has 4 rings (SSSR count). The molecule has 564 valence electrons. The summed E-state index contributed by atoms with van der Waals surface area (Å²) in [6, 6.07) is 23.6. The van der Waals surface area contributed by atoms with Crippen LogP contribution in [0.4, 0.5) is 4.79 Å². The van der Waals surface area contributed by atoms with Gasteiger partial charge in [0, 0.05) is 30.9 Å². The number of nitrogens with one attached hydrogen (secondary N) is 10. The maximum Gasteiger partial charge on any atom is 0.408 e. The molecular weight excluding hydrogens is 1370 g/mol. The first-order valence-electron chi connectivity index (χ1n) is 34.5. The van der Waals surface area contributed by atoms with Crippen LogP contribution in [0.2, 0.25) is 0 Å². The zero-order chi connectivity index (χ0) is 76.2. The Balaban J connectivity index is 1.61. The van der Waals surface area contributed by atoms with Gasteiger partial charge in [-0.05, 0) is 80.5 Å². The highest BCUT2D eigenvalue weighted by molar-refractivity contribution is 8.76. The maximum atomic E-state index is 15.1. The monoisotopic (exact) mass is 1470 g/mol. The van der Waals surface area contributed by atoms with Crippen LogP contribution in [-0.4, -0.2) is 186 Å². The van der Waals surface area contributed by atoms with Crippen LogP contribution in [0.15, 0.2) is 121 Å². The molecule has 0 aliphatic heterocycles. The van der Waals surface area contributed by atoms with Gasteiger partial charge in [0.2, 0.25) is 53.2 Å². The Labute approximate surface area is 611 Å². The average Bonchev–Trinajstić information content (AvgIpc) is 0.754. The molecule has 0 heterocycles. The van der Waals surface area contributed by atoms with Gasteiger partial charge in [-0.15, -0.1) is 0 Å². The Bertz CT molecular complexity index is 3290. The number of aliphatic hydroxyl groups excluding tert-OH is 1. The van der Waals surface area contributed by atoms with Crippen LogP contribution in [0.1, 0.15) is 131 Å². The summed E-state index contributed by atoms with van der Waals surface area (Å²) in [5.41, 5.74) is 0.175. The number of aliphatic carboxylic acids is 1. The number of carbonyl (C=O) groups excluding carboxylic acids is 11. The minimum atomic E-state index is -1.94. The molecule has 0 aliphatic carbocycles. The largest absolute Gasteiger partial charge is 0.480 e. The van der Waals surface area contributed by atoms with Gasteiger partial charge >= 0.3 is 12.1 Å². The van der Waals surface area contributed by atoms with Gasteiger partial charge < -0.3 is 77.6 Å². The van der Waals surface area contributed by atoms with Crippen molar-refractivity contribution in [3.05, 3.63) is 144 Å². The standard InChI is InChI=1S/C74H104N10O17S2/c1-12-48(7)63(83-62(88)44-100-37-36-99-35-34-75-64(89)60(45-103-102-13-2)82-72(98)101-73(9,10)11)70(95)79-57(42-61(87)84-74(51-28-20-15-21-29-51,52-30-22-16-23-31-52)53-32-24-17-25-33-53)68(93)81-59(43-85)69(94)77-55(40-49(8)86)66(91)78-56(41-50-26-18-14-19-27-50)67(92)76-54(38-46(3)4)65(90)80-58(71(96)97)39-47(5)6/h14-33,46-48,54-60,63,85H,12-13,34-45H2,1-11H3,(H,75,89)(H,76,92)(H,77,94)(H,78,91)(H,79,95)(H,80,90)(H,81,93)(H,82,98)(H,83,88)(H,84,87)(H,96,97)/t48?,54-,55-,56-,57-,58-,59-,60-,63-/m0/s1. The molecule has 0 fully saturated rings. The smallest absolute Gasteiger partial charge is 0.408 e. The van der Waals surface area contributed by atoms with Crippen LogP contribution in [0.3, 0.4) is 0 Å². The van der Waals surface area contributed by atoms with Crippen LogP contribution < -0.4 is 53.2 Å². The molecule has 0 aliphatic rings. The van der Waals surface area contributed by atoms with Gasteiger partial charge in [-0.2, -0.15) is 0 Å². The minimum Gasteiger partial charge on any atom is -0.480 e. The predicted octanol–water partition coefficient (Wildman–Crippen LogP) is 4.76. The maximum absolute atomic E-state index is 15.1. The minimum absolute atomic E-state index is 0.00812. The average molecular weight is 1470 g/mol. The molecule has 4 aromatic rings. The number of ketones is 1. The van der Waals surface area contributed by atoms with E-state index >= 15 is 4.79 Å². The number of carboxylic acids is 1. The van der Waals surface area contributed by atoms with E-state index in [2.05, 4.69) is 53.2 Å². The SMILES string of the molecule is CCSSC[C@H](NC(=O)OC(C)(C)C)C(=O)NCCOCCOCC(=O)N[C@H](C(=O)N[C@@H](CC(=O)NC(c1ccccc1)(c1ccccc1)c1ccccc1)C(=O)N[C@@H](CO)C(=O)N[C@@H](CC(C)=O)C(=O)N[C@@H](Cc1ccccc1)C(=O)N[C@@H](CC(C)C)C(=O)N[C@@H](CC(C)C)C(=O)O)C(C)CC. The highest BCUT2D eigenvalue weighted by Gasteiger charge is 2.41. The van der Waals surface area contributed by atoms with Crippen molar-refractivity contribution < 1.29 is 82.0 Å². The lowest BCUT2D eigenvalue weighted by Gasteiger charge is -2.37. The van der Waals surface area contributed by atoms with Gasteiger partial charge in [-0.25, -0.2) is 9.59 Å². The second kappa shape index (κ2) is 44.6. The number of amides is 10. The van der Waals surface area contributed by atoms with Gasteiger partial charge in [0.1, 0.15) is 71.9 Å². The molecule has 0 saturated heterocycles. The van der Waals surface area contributed by atoms with Crippen LogP contribution in [0.5, 0.6) is 0 Å². The van der Waals surface area contributed by atoms with Gasteiger partial charge in [0.05, 0.1) is 32.8 Å². The third kappa shape index (κ3) is 30.5. The molecule has 9 atom stereocenters. The van der Waals surface area contributed by atoms with Crippen molar-refractivity contribution in [2.45, 2.75) is 174 Å². The molecule has 0 saturated carbocycles. The van der Waals surface area contributed by atoms with E-state index in [-0.39, 0.29) is 63.2 Å². The topological polar surface area (TPSA) is 393 Å². The lowest BCUT2D eigenvalue weighted by molar-refractivity contribution is -0.143. The molecule has 0 bridgehead atoms. The normalized spacial score (nSPS) is 14.1. The first-order valence-corrected chi connectivity index (χ1v) is 37.0. The molecule has 4 aromatic carbocycles. The lowest BCUT2D eigenvalue weighted by atomic mass is 9.77. The highest BCUT2D eigenvalue weighted by Crippen LogP contribution is 2.37. The van der Waals surface area contributed by atoms with E-state index in [9.17, 15) is 63.0 Å². The van der Waals surface area contributed by atoms with Crippen LogP contribution >= 0.6 is 21.6 Å². The van der Waals surface area contributed by atoms with Gasteiger partial charge in [-0.1, -0.05) is 198 Å². The molecule has 0 spiro atoms. The van der Waals surface area contributed by atoms with Crippen molar-refractivity contribution in [2.24, 2.45) is 17.8 Å². The zero-order valence-electron chi connectivity index (χ0n) is 60.6. The number of ether oxygens (including phenoxy) is 3. The lowest BCUT2D eigenvalue weighted by Crippen LogP contribution is -2.61. The third-order valence-corrected chi connectivity index (χ3v) is 18.4. The van der Waals surface area contributed by atoms with Crippen molar-refractivity contribution in [3.63, 3.8) is 0 Å². The van der Waals surface area contributed by atoms with Crippen LogP contribution in [0.25, 0.3) is 0 Å². The molecular formula is C74H104N10O17S2. The van der Waals surface area contributed by atoms with E-state index in [1.54, 1.807) is 147 Å². The summed E-state index contributed by atoms with van der Waals surface area (Å²) in [5.74, 6) is -9.76. The van der Waals surface area contributed by atoms with E-state index in [0.717, 1.165) is 12.7 Å². The van der Waals surface area contributed by atoms with Crippen molar-refractivity contribution >= 4 is 92.6 Å². The number of rotatable bonds is 45. The van der Waals surface area contributed by atoms with Crippen molar-refractivity contribution in [2.75, 3.05) is 51.1 Å². The first kappa shape index (κ1) is 86.5. The predicted molar refractivity (Wildman–Crippen MR) is 392 cm³/mol. The van der Waals surface area contributed by atoms with E-state index in [1.807, 2.05) is 43.3 Å². The van der Waals surface area contributed by atoms with Gasteiger partial charge in [-0.3, -0.25) is 47.9 Å². The Hall–Kier alpha value is -8.90. The summed E-state index contributed by atoms with van der Waals surface area (Å²) in [5, 5.41) is 47.2. The molecule has 12 N–H and O–H groups in total. The molecule has 10 amide bonds. The molecule has 29 heteroatoms. The molecule has 27 nitrogen and oxygen atoms in total. The Kier molecular flexibility index (Phi) is 37.4. The summed E-state index contributed by atoms with van der Waals surface area (Å²) in [6.45, 7) is 17.1. The van der Waals surface area contributed by atoms with E-state index in [1.165, 1.54) is 21.6 Å². The summed E-state index contributed by atoms with van der Waals surface area (Å²) in [4.78, 5) is 166. The number of carboxylic acid groups (broad SMARTS) is 1. The summed E-state index contributed by atoms with van der Waals surface area (Å²) < 4.78 is 16.5. The number of benzene rings is 4. The Morgan fingerprint density at radius 3 is 1.45 bits per heavy atom. The fraction of sp³-hybridized carbons (Fsp3) is 0.514. The fourth-order valence-electron chi connectivity index (χ4n) is 10.7. The van der Waals surface area contributed by atoms with Crippen molar-refractivity contribution in [1.82, 2.24) is 53.2 Å². The molecule has 1 unspecified atom stereocenters. The molecule has 0 aromatic heterocycles. The van der Waals surface area contributed by atoms with Crippen LogP contribution in [0, 0.1) is 17.8 Å². The summed E-state index contributed by atoms with van der Waals surface area (Å²) in [7, 11) is 2.96. The Morgan fingerprint density at radius 1 is 0.485 bits per heavy atom. The van der Waals surface area contributed by atoms with Crippen molar-refractivity contribution in [3.8, 4) is 0 Å². The second-order valence-corrected chi connectivity index (χ2v) is 29.4. The van der Waals surface area contributed by atoms with Gasteiger partial charge in [0.25, 0.3) is 0 Å². The van der Waals surface area contributed by atoms with E-state index in [4.69, 9.17) is 14.2 Å². The highest BCUT2D eigenvalue weighted by atomic mass is 33.1. The molecule has 0 radical (unpaired) electrons. The fourth-order valence-corrected chi connectivity index (χ4v) is 12.5. The third-order valence-electron chi connectivity index (χ3n) is 15.9. The van der Waals surface area contributed by atoms with Gasteiger partial charge in [0.15, 0.2) is 0 Å². The Morgan fingerprint density at radius 2 is 0.942 bits per heavy atom. The number of hydrogen-bond acceptors (Lipinski definition) is 18. The number of alkyl carbamates (subject to hydrolysis) is 1. The summed E-state index contributed by atoms with van der Waals surface area (Å²) in [6.07, 6.45) is -1.92. The molecule has 103 heavy (non-hydrogen) atoms. The van der Waals surface area contributed by atoms with Crippen LogP contribution in [-0.2, 0) is 78.9 Å². The second-order valence-electron chi connectivity index (χ2n) is 26.6. The number of Topliss-reactive ketones (excluding diaryl/α,β-unsaturated/α-hetero) is 1. The number of aliphatic hydroxyl groups is 1. The zero-order valence-corrected chi connectivity index (χ0v) is 62.3.